The fourth-order valence-electron chi connectivity index (χ4n) is 1.70. The highest BCUT2D eigenvalue weighted by Gasteiger charge is 2.22. The van der Waals surface area contributed by atoms with Gasteiger partial charge in [-0.25, -0.2) is 0 Å². The van der Waals surface area contributed by atoms with E-state index < -0.39 is 0 Å². The number of hydrogen-bond acceptors (Lipinski definition) is 3. The lowest BCUT2D eigenvalue weighted by Crippen LogP contribution is -2.41. The van der Waals surface area contributed by atoms with Crippen LogP contribution in [0.5, 0.6) is 0 Å². The van der Waals surface area contributed by atoms with Crippen LogP contribution in [0.1, 0.15) is 19.8 Å². The molecular weight excluding hydrogens is 166 g/mol. The quantitative estimate of drug-likeness (QED) is 0.616. The summed E-state index contributed by atoms with van der Waals surface area (Å²) >= 11 is 0. The Bertz CT molecular complexity index is 141. The predicted octanol–water partition coefficient (Wildman–Crippen LogP) is 1.13. The molecule has 1 unspecified atom stereocenters. The van der Waals surface area contributed by atoms with E-state index in [-0.39, 0.29) is 0 Å². The number of ether oxygens (including phenoxy) is 2. The van der Waals surface area contributed by atoms with Gasteiger partial charge in [-0.1, -0.05) is 0 Å². The maximum Gasteiger partial charge on any atom is 0.0704 e. The van der Waals surface area contributed by atoms with Crippen molar-refractivity contribution in [2.24, 2.45) is 0 Å². The van der Waals surface area contributed by atoms with E-state index in [1.165, 1.54) is 0 Å². The van der Waals surface area contributed by atoms with Crippen LogP contribution in [-0.4, -0.2) is 51.0 Å². The van der Waals surface area contributed by atoms with Crippen LogP contribution in [0.4, 0.5) is 0 Å². The van der Waals surface area contributed by atoms with Gasteiger partial charge in [-0.2, -0.15) is 0 Å². The van der Waals surface area contributed by atoms with Crippen LogP contribution in [0.25, 0.3) is 0 Å². The van der Waals surface area contributed by atoms with Crippen molar-refractivity contribution in [3.8, 4) is 0 Å². The third-order valence-corrected chi connectivity index (χ3v) is 2.80. The number of piperidine rings is 1. The molecule has 0 N–H and O–H groups in total. The summed E-state index contributed by atoms with van der Waals surface area (Å²) in [7, 11) is 3.89. The van der Waals surface area contributed by atoms with Crippen molar-refractivity contribution < 1.29 is 9.47 Å². The number of methoxy groups -OCH3 is 1. The Hall–Kier alpha value is -0.120. The number of rotatable bonds is 4. The van der Waals surface area contributed by atoms with Crippen LogP contribution in [-0.2, 0) is 9.47 Å². The average Bonchev–Trinajstić information content (AvgIpc) is 2.12. The summed E-state index contributed by atoms with van der Waals surface area (Å²) in [6.07, 6.45) is 2.76. The first-order chi connectivity index (χ1) is 6.24. The van der Waals surface area contributed by atoms with Crippen molar-refractivity contribution in [2.45, 2.75) is 31.9 Å². The molecule has 0 amide bonds. The minimum absolute atomic E-state index is 0.446. The van der Waals surface area contributed by atoms with E-state index in [1.807, 2.05) is 0 Å². The van der Waals surface area contributed by atoms with Crippen LogP contribution in [0.2, 0.25) is 0 Å². The smallest absolute Gasteiger partial charge is 0.0704 e. The number of hydrogen-bond donors (Lipinski definition) is 0. The zero-order valence-corrected chi connectivity index (χ0v) is 8.95. The monoisotopic (exact) mass is 187 g/mol. The summed E-state index contributed by atoms with van der Waals surface area (Å²) in [6, 6.07) is 0.654. The summed E-state index contributed by atoms with van der Waals surface area (Å²) in [6.45, 7) is 4.85. The highest BCUT2D eigenvalue weighted by Crippen LogP contribution is 2.17. The Balaban J connectivity index is 2.14. The molecule has 0 aromatic rings. The maximum absolute atomic E-state index is 5.69. The largest absolute Gasteiger partial charge is 0.382 e. The molecule has 3 heteroatoms. The van der Waals surface area contributed by atoms with Crippen LogP contribution in [0.15, 0.2) is 0 Å². The zero-order valence-electron chi connectivity index (χ0n) is 8.95. The van der Waals surface area contributed by atoms with Crippen molar-refractivity contribution in [1.29, 1.82) is 0 Å². The molecule has 13 heavy (non-hydrogen) atoms. The summed E-state index contributed by atoms with van der Waals surface area (Å²) in [4.78, 5) is 2.39. The van der Waals surface area contributed by atoms with E-state index in [2.05, 4.69) is 18.9 Å². The van der Waals surface area contributed by atoms with Crippen molar-refractivity contribution in [3.63, 3.8) is 0 Å². The van der Waals surface area contributed by atoms with Gasteiger partial charge in [0.25, 0.3) is 0 Å². The Labute approximate surface area is 81.0 Å². The summed E-state index contributed by atoms with van der Waals surface area (Å²) < 4.78 is 10.6. The van der Waals surface area contributed by atoms with Crippen LogP contribution < -0.4 is 0 Å². The summed E-state index contributed by atoms with van der Waals surface area (Å²) in [5.41, 5.74) is 0. The summed E-state index contributed by atoms with van der Waals surface area (Å²) in [5.74, 6) is 0. The van der Waals surface area contributed by atoms with Crippen molar-refractivity contribution in [1.82, 2.24) is 4.90 Å². The second-order valence-electron chi connectivity index (χ2n) is 3.84. The molecule has 1 saturated heterocycles. The lowest BCUT2D eigenvalue weighted by molar-refractivity contribution is -0.0241. The fraction of sp³-hybridized carbons (Fsp3) is 1.00. The first-order valence-electron chi connectivity index (χ1n) is 5.05. The molecule has 1 heterocycles. The second-order valence-corrected chi connectivity index (χ2v) is 3.84. The zero-order chi connectivity index (χ0) is 9.68. The van der Waals surface area contributed by atoms with E-state index >= 15 is 0 Å². The molecule has 1 fully saturated rings. The van der Waals surface area contributed by atoms with Gasteiger partial charge in [-0.05, 0) is 26.8 Å². The molecule has 0 aliphatic carbocycles. The topological polar surface area (TPSA) is 21.7 Å². The second kappa shape index (κ2) is 5.58. The SMILES string of the molecule is COCCO[C@H]1CCN(C)C(C)C1. The minimum atomic E-state index is 0.446. The molecule has 1 aliphatic heterocycles. The van der Waals surface area contributed by atoms with Gasteiger partial charge in [0.05, 0.1) is 19.3 Å². The fourth-order valence-corrected chi connectivity index (χ4v) is 1.70. The molecule has 2 atom stereocenters. The van der Waals surface area contributed by atoms with Gasteiger partial charge in [-0.3, -0.25) is 0 Å². The van der Waals surface area contributed by atoms with Crippen molar-refractivity contribution in [2.75, 3.05) is 33.9 Å². The van der Waals surface area contributed by atoms with E-state index in [4.69, 9.17) is 9.47 Å². The lowest BCUT2D eigenvalue weighted by atomic mass is 10.0. The van der Waals surface area contributed by atoms with E-state index in [9.17, 15) is 0 Å². The minimum Gasteiger partial charge on any atom is -0.382 e. The highest BCUT2D eigenvalue weighted by molar-refractivity contribution is 4.76. The van der Waals surface area contributed by atoms with Gasteiger partial charge in [0.2, 0.25) is 0 Å². The van der Waals surface area contributed by atoms with Crippen LogP contribution >= 0.6 is 0 Å². The van der Waals surface area contributed by atoms with Gasteiger partial charge in [0.1, 0.15) is 0 Å². The van der Waals surface area contributed by atoms with Gasteiger partial charge < -0.3 is 14.4 Å². The van der Waals surface area contributed by atoms with E-state index in [0.717, 1.165) is 26.0 Å². The van der Waals surface area contributed by atoms with Crippen LogP contribution in [0.3, 0.4) is 0 Å². The molecule has 0 bridgehead atoms. The number of nitrogens with zero attached hydrogens (tertiary/aromatic N) is 1. The van der Waals surface area contributed by atoms with E-state index in [0.29, 0.717) is 18.8 Å². The van der Waals surface area contributed by atoms with Gasteiger partial charge in [0.15, 0.2) is 0 Å². The molecule has 1 rings (SSSR count). The predicted molar refractivity (Wildman–Crippen MR) is 52.9 cm³/mol. The van der Waals surface area contributed by atoms with E-state index in [1.54, 1.807) is 7.11 Å². The standard InChI is InChI=1S/C10H21NO2/c1-9-8-10(4-5-11(9)2)13-7-6-12-3/h9-10H,4-8H2,1-3H3/t9?,10-/m0/s1. The van der Waals surface area contributed by atoms with Crippen molar-refractivity contribution in [3.05, 3.63) is 0 Å². The molecule has 1 aliphatic rings. The molecule has 0 aromatic heterocycles. The Morgan fingerprint density at radius 1 is 1.38 bits per heavy atom. The summed E-state index contributed by atoms with van der Waals surface area (Å²) in [5, 5.41) is 0. The first-order valence-corrected chi connectivity index (χ1v) is 5.05. The molecule has 0 spiro atoms. The maximum atomic E-state index is 5.69. The van der Waals surface area contributed by atoms with Gasteiger partial charge >= 0.3 is 0 Å². The normalized spacial score (nSPS) is 30.7. The average molecular weight is 187 g/mol. The van der Waals surface area contributed by atoms with Crippen molar-refractivity contribution >= 4 is 0 Å². The molecule has 78 valence electrons. The molecular formula is C10H21NO2. The highest BCUT2D eigenvalue weighted by atomic mass is 16.5. The first kappa shape index (κ1) is 11.0. The third kappa shape index (κ3) is 3.63. The lowest BCUT2D eigenvalue weighted by Gasteiger charge is -2.34. The Morgan fingerprint density at radius 3 is 2.77 bits per heavy atom. The molecule has 3 nitrogen and oxygen atoms in total. The third-order valence-electron chi connectivity index (χ3n) is 2.80. The van der Waals surface area contributed by atoms with Gasteiger partial charge in [0, 0.05) is 19.7 Å². The number of likely N-dealkylation sites (tertiary alicyclic amines) is 1. The molecule has 0 radical (unpaired) electrons. The Morgan fingerprint density at radius 2 is 2.15 bits per heavy atom. The molecule has 0 saturated carbocycles. The molecule has 0 aromatic carbocycles. The van der Waals surface area contributed by atoms with Gasteiger partial charge in [-0.15, -0.1) is 0 Å². The van der Waals surface area contributed by atoms with Crippen LogP contribution in [0, 0.1) is 0 Å². The Kier molecular flexibility index (Phi) is 4.70.